The molecule has 1 fully saturated rings. The van der Waals surface area contributed by atoms with Crippen molar-refractivity contribution < 1.29 is 14.7 Å². The van der Waals surface area contributed by atoms with Crippen LogP contribution in [-0.4, -0.2) is 35.0 Å². The number of fused-ring (bicyclic) bond motifs is 1. The van der Waals surface area contributed by atoms with Crippen LogP contribution in [0.3, 0.4) is 0 Å². The topological polar surface area (TPSA) is 81.7 Å². The fourth-order valence-electron chi connectivity index (χ4n) is 4.45. The van der Waals surface area contributed by atoms with E-state index in [-0.39, 0.29) is 11.5 Å². The summed E-state index contributed by atoms with van der Waals surface area (Å²) in [6.45, 7) is 3.26. The zero-order valence-corrected chi connectivity index (χ0v) is 19.0. The molecule has 1 amide bonds. The number of nitrogens with one attached hydrogen (secondary N) is 2. The highest BCUT2D eigenvalue weighted by molar-refractivity contribution is 7.08. The first kappa shape index (κ1) is 21.4. The molecule has 2 aliphatic rings. The number of carbonyl (C=O) groups excluding carboxylic acids is 1. The van der Waals surface area contributed by atoms with E-state index in [0.717, 1.165) is 30.9 Å². The van der Waals surface area contributed by atoms with Crippen LogP contribution in [-0.2, 0) is 11.3 Å². The minimum atomic E-state index is -1.02. The number of carboxylic acid groups (broad SMARTS) is 1. The molecule has 5 rings (SSSR count). The number of likely N-dealkylation sites (tertiary alicyclic amines) is 1. The molecule has 0 unspecified atom stereocenters. The van der Waals surface area contributed by atoms with E-state index in [9.17, 15) is 14.7 Å². The maximum atomic E-state index is 13.0. The van der Waals surface area contributed by atoms with Gasteiger partial charge in [-0.3, -0.25) is 9.69 Å². The molecule has 2 aliphatic heterocycles. The standard InChI is InChI=1S/C26H25N3O3S/c30-25-23(21-14-18(26(31)32)6-9-22(21)28-25)24(19-10-13-33-16-19)27-20-7-4-17(5-8-20)15-29-11-2-1-3-12-29/h4-10,13-14,16,27H,1-3,11-12,15H2,(H,28,30)(H,31,32). The smallest absolute Gasteiger partial charge is 0.335 e. The molecule has 7 heteroatoms. The van der Waals surface area contributed by atoms with E-state index in [0.29, 0.717) is 22.5 Å². The molecule has 3 N–H and O–H groups in total. The van der Waals surface area contributed by atoms with Gasteiger partial charge >= 0.3 is 5.97 Å². The Morgan fingerprint density at radius 2 is 1.82 bits per heavy atom. The summed E-state index contributed by atoms with van der Waals surface area (Å²) in [6.07, 6.45) is 3.86. The third-order valence-corrected chi connectivity index (χ3v) is 6.83. The molecule has 1 aromatic heterocycles. The number of thiophene rings is 1. The summed E-state index contributed by atoms with van der Waals surface area (Å²) in [5, 5.41) is 19.7. The van der Waals surface area contributed by atoms with Crippen molar-refractivity contribution in [3.63, 3.8) is 0 Å². The highest BCUT2D eigenvalue weighted by Gasteiger charge is 2.29. The van der Waals surface area contributed by atoms with Crippen LogP contribution in [0.1, 0.15) is 46.3 Å². The van der Waals surface area contributed by atoms with Crippen LogP contribution in [0, 0.1) is 0 Å². The average molecular weight is 460 g/mol. The van der Waals surface area contributed by atoms with E-state index in [1.807, 2.05) is 29.0 Å². The molecular formula is C26H25N3O3S. The zero-order valence-electron chi connectivity index (χ0n) is 18.1. The molecule has 3 heterocycles. The Labute approximate surface area is 196 Å². The van der Waals surface area contributed by atoms with Gasteiger partial charge in [0.25, 0.3) is 5.91 Å². The molecule has 33 heavy (non-hydrogen) atoms. The SMILES string of the molecule is O=C1Nc2ccc(C(=O)O)cc2C1=C(Nc1ccc(CN2CCCCC2)cc1)c1ccsc1. The van der Waals surface area contributed by atoms with Crippen LogP contribution in [0.2, 0.25) is 0 Å². The Balaban J connectivity index is 1.48. The number of piperidine rings is 1. The molecule has 0 bridgehead atoms. The van der Waals surface area contributed by atoms with Crippen molar-refractivity contribution in [1.82, 2.24) is 4.90 Å². The van der Waals surface area contributed by atoms with Gasteiger partial charge in [0.15, 0.2) is 0 Å². The lowest BCUT2D eigenvalue weighted by Crippen LogP contribution is -2.29. The van der Waals surface area contributed by atoms with Gasteiger partial charge in [0, 0.05) is 34.4 Å². The molecule has 0 spiro atoms. The Morgan fingerprint density at radius 1 is 1.03 bits per heavy atom. The highest BCUT2D eigenvalue weighted by atomic mass is 32.1. The number of anilines is 2. The third-order valence-electron chi connectivity index (χ3n) is 6.15. The number of benzene rings is 2. The van der Waals surface area contributed by atoms with E-state index in [1.54, 1.807) is 23.5 Å². The van der Waals surface area contributed by atoms with Crippen molar-refractivity contribution in [1.29, 1.82) is 0 Å². The molecule has 6 nitrogen and oxygen atoms in total. The summed E-state index contributed by atoms with van der Waals surface area (Å²) in [6, 6.07) is 15.0. The fourth-order valence-corrected chi connectivity index (χ4v) is 5.09. The van der Waals surface area contributed by atoms with Crippen molar-refractivity contribution in [3.8, 4) is 0 Å². The third kappa shape index (κ3) is 4.55. The van der Waals surface area contributed by atoms with Gasteiger partial charge in [-0.1, -0.05) is 18.6 Å². The minimum absolute atomic E-state index is 0.148. The van der Waals surface area contributed by atoms with Gasteiger partial charge < -0.3 is 15.7 Å². The Morgan fingerprint density at radius 3 is 2.52 bits per heavy atom. The van der Waals surface area contributed by atoms with Gasteiger partial charge in [0.05, 0.1) is 16.8 Å². The van der Waals surface area contributed by atoms with Gasteiger partial charge in [0.2, 0.25) is 0 Å². The van der Waals surface area contributed by atoms with Gasteiger partial charge in [-0.15, -0.1) is 0 Å². The van der Waals surface area contributed by atoms with E-state index < -0.39 is 5.97 Å². The van der Waals surface area contributed by atoms with E-state index in [1.165, 1.54) is 30.9 Å². The number of hydrogen-bond donors (Lipinski definition) is 3. The Bertz CT molecular complexity index is 1210. The van der Waals surface area contributed by atoms with E-state index in [4.69, 9.17) is 0 Å². The van der Waals surface area contributed by atoms with Crippen LogP contribution in [0.15, 0.2) is 59.3 Å². The van der Waals surface area contributed by atoms with Crippen LogP contribution >= 0.6 is 11.3 Å². The average Bonchev–Trinajstić information content (AvgIpc) is 3.46. The van der Waals surface area contributed by atoms with Crippen molar-refractivity contribution >= 4 is 45.9 Å². The summed E-state index contributed by atoms with van der Waals surface area (Å²) in [5.74, 6) is -1.27. The lowest BCUT2D eigenvalue weighted by Gasteiger charge is -2.26. The summed E-state index contributed by atoms with van der Waals surface area (Å²) in [5.41, 5.74) is 5.50. The second kappa shape index (κ2) is 9.21. The van der Waals surface area contributed by atoms with E-state index in [2.05, 4.69) is 27.7 Å². The summed E-state index contributed by atoms with van der Waals surface area (Å²) < 4.78 is 0. The second-order valence-electron chi connectivity index (χ2n) is 8.44. The molecular weight excluding hydrogens is 434 g/mol. The maximum absolute atomic E-state index is 13.0. The van der Waals surface area contributed by atoms with Crippen molar-refractivity contribution in [2.24, 2.45) is 0 Å². The van der Waals surface area contributed by atoms with Crippen LogP contribution in [0.5, 0.6) is 0 Å². The zero-order chi connectivity index (χ0) is 22.8. The number of rotatable bonds is 6. The molecule has 168 valence electrons. The normalized spacial score (nSPS) is 17.4. The first-order chi connectivity index (χ1) is 16.1. The monoisotopic (exact) mass is 459 g/mol. The van der Waals surface area contributed by atoms with E-state index >= 15 is 0 Å². The molecule has 1 saturated heterocycles. The molecule has 2 aromatic carbocycles. The number of aromatic carboxylic acids is 1. The number of hydrogen-bond acceptors (Lipinski definition) is 5. The summed E-state index contributed by atoms with van der Waals surface area (Å²) >= 11 is 1.54. The number of nitrogens with zero attached hydrogens (tertiary/aromatic N) is 1. The number of amides is 1. The number of carboxylic acids is 1. The predicted octanol–water partition coefficient (Wildman–Crippen LogP) is 5.36. The van der Waals surface area contributed by atoms with Gasteiger partial charge in [-0.25, -0.2) is 4.79 Å². The quantitative estimate of drug-likeness (QED) is 0.432. The molecule has 3 aromatic rings. The maximum Gasteiger partial charge on any atom is 0.335 e. The largest absolute Gasteiger partial charge is 0.478 e. The molecule has 0 saturated carbocycles. The first-order valence-electron chi connectivity index (χ1n) is 11.1. The van der Waals surface area contributed by atoms with Crippen LogP contribution in [0.4, 0.5) is 11.4 Å². The Hall–Kier alpha value is -3.42. The van der Waals surface area contributed by atoms with Crippen molar-refractivity contribution in [2.45, 2.75) is 25.8 Å². The van der Waals surface area contributed by atoms with Gasteiger partial charge in [0.1, 0.15) is 0 Å². The predicted molar refractivity (Wildman–Crippen MR) is 132 cm³/mol. The lowest BCUT2D eigenvalue weighted by molar-refractivity contribution is -0.110. The molecule has 0 atom stereocenters. The first-order valence-corrected chi connectivity index (χ1v) is 12.1. The summed E-state index contributed by atoms with van der Waals surface area (Å²) in [4.78, 5) is 27.0. The van der Waals surface area contributed by atoms with Crippen LogP contribution in [0.25, 0.3) is 11.3 Å². The summed E-state index contributed by atoms with van der Waals surface area (Å²) in [7, 11) is 0. The lowest BCUT2D eigenvalue weighted by atomic mass is 9.99. The Kier molecular flexibility index (Phi) is 5.98. The van der Waals surface area contributed by atoms with Crippen molar-refractivity contribution in [2.75, 3.05) is 23.7 Å². The molecule has 0 radical (unpaired) electrons. The second-order valence-corrected chi connectivity index (χ2v) is 9.22. The highest BCUT2D eigenvalue weighted by Crippen LogP contribution is 2.38. The van der Waals surface area contributed by atoms with Crippen LogP contribution < -0.4 is 10.6 Å². The minimum Gasteiger partial charge on any atom is -0.478 e. The van der Waals surface area contributed by atoms with Crippen molar-refractivity contribution in [3.05, 3.63) is 81.5 Å². The fraction of sp³-hybridized carbons (Fsp3) is 0.231. The number of carbonyl (C=O) groups is 2. The van der Waals surface area contributed by atoms with Gasteiger partial charge in [-0.05, 0) is 73.3 Å². The molecule has 0 aliphatic carbocycles. The van der Waals surface area contributed by atoms with Gasteiger partial charge in [-0.2, -0.15) is 11.3 Å².